The molecule has 0 atom stereocenters. The Bertz CT molecular complexity index is 590. The smallest absolute Gasteiger partial charge is 0.125 e. The summed E-state index contributed by atoms with van der Waals surface area (Å²) in [6.45, 7) is 5.90. The average Bonchev–Trinajstić information content (AvgIpc) is 2.51. The van der Waals surface area contributed by atoms with Gasteiger partial charge in [-0.05, 0) is 48.3 Å². The quantitative estimate of drug-likeness (QED) is 0.801. The van der Waals surface area contributed by atoms with Crippen LogP contribution in [0.1, 0.15) is 17.0 Å². The molecule has 0 aliphatic rings. The molecular weight excluding hydrogens is 302 g/mol. The minimum Gasteiger partial charge on any atom is -0.271 e. The predicted octanol–water partition coefficient (Wildman–Crippen LogP) is 3.82. The number of aryl methyl sites for hydroxylation is 3. The number of aromatic nitrogens is 3. The summed E-state index contributed by atoms with van der Waals surface area (Å²) < 4.78 is 2.82. The molecule has 0 aliphatic carbocycles. The highest BCUT2D eigenvalue weighted by Crippen LogP contribution is 2.32. The van der Waals surface area contributed by atoms with E-state index in [1.165, 1.54) is 0 Å². The molecule has 0 saturated carbocycles. The maximum absolute atomic E-state index is 6.05. The summed E-state index contributed by atoms with van der Waals surface area (Å²) in [6.07, 6.45) is 0. The van der Waals surface area contributed by atoms with E-state index < -0.39 is 0 Å². The molecule has 2 heterocycles. The van der Waals surface area contributed by atoms with Crippen LogP contribution in [0.5, 0.6) is 0 Å². The minimum atomic E-state index is 0.690. The van der Waals surface area contributed by atoms with E-state index in [0.29, 0.717) is 5.02 Å². The summed E-state index contributed by atoms with van der Waals surface area (Å²) in [5, 5.41) is 5.17. The maximum atomic E-state index is 6.05. The molecule has 2 aromatic heterocycles. The van der Waals surface area contributed by atoms with E-state index in [0.717, 1.165) is 32.8 Å². The van der Waals surface area contributed by atoms with Crippen molar-refractivity contribution < 1.29 is 0 Å². The van der Waals surface area contributed by atoms with Crippen molar-refractivity contribution in [2.45, 2.75) is 20.8 Å². The van der Waals surface area contributed by atoms with Gasteiger partial charge >= 0.3 is 0 Å². The second kappa shape index (κ2) is 4.42. The molecule has 0 radical (unpaired) electrons. The van der Waals surface area contributed by atoms with Crippen molar-refractivity contribution in [1.82, 2.24) is 14.8 Å². The summed E-state index contributed by atoms with van der Waals surface area (Å²) in [4.78, 5) is 4.52. The Balaban J connectivity index is 2.68. The highest BCUT2D eigenvalue weighted by molar-refractivity contribution is 9.10. The lowest BCUT2D eigenvalue weighted by Gasteiger charge is -2.05. The fraction of sp³-hybridized carbons (Fsp3) is 0.333. The molecule has 0 aromatic carbocycles. The molecule has 90 valence electrons. The molecule has 2 rings (SSSR count). The van der Waals surface area contributed by atoms with Crippen molar-refractivity contribution >= 4 is 27.5 Å². The lowest BCUT2D eigenvalue weighted by Crippen LogP contribution is -1.95. The van der Waals surface area contributed by atoms with Gasteiger partial charge in [0.1, 0.15) is 5.69 Å². The average molecular weight is 315 g/mol. The SMILES string of the molecule is Cc1cc(Cl)c(C)nc1-c1nn(C)c(C)c1Br. The zero-order chi connectivity index (χ0) is 12.7. The van der Waals surface area contributed by atoms with Gasteiger partial charge in [0.05, 0.1) is 20.9 Å². The zero-order valence-electron chi connectivity index (χ0n) is 10.2. The van der Waals surface area contributed by atoms with E-state index >= 15 is 0 Å². The predicted molar refractivity (Wildman–Crippen MR) is 73.4 cm³/mol. The number of hydrogen-bond donors (Lipinski definition) is 0. The first-order valence-electron chi connectivity index (χ1n) is 5.25. The molecule has 0 spiro atoms. The van der Waals surface area contributed by atoms with Crippen LogP contribution in [-0.2, 0) is 7.05 Å². The van der Waals surface area contributed by atoms with Crippen molar-refractivity contribution in [1.29, 1.82) is 0 Å². The molecule has 2 aromatic rings. The molecule has 5 heteroatoms. The second-order valence-corrected chi connectivity index (χ2v) is 5.29. The van der Waals surface area contributed by atoms with Gasteiger partial charge in [-0.1, -0.05) is 11.6 Å². The van der Waals surface area contributed by atoms with Gasteiger partial charge in [-0.2, -0.15) is 5.10 Å². The number of halogens is 2. The van der Waals surface area contributed by atoms with E-state index in [1.54, 1.807) is 0 Å². The van der Waals surface area contributed by atoms with Crippen LogP contribution in [0.25, 0.3) is 11.4 Å². The Labute approximate surface area is 114 Å². The lowest BCUT2D eigenvalue weighted by atomic mass is 10.1. The normalized spacial score (nSPS) is 10.9. The highest BCUT2D eigenvalue weighted by atomic mass is 79.9. The van der Waals surface area contributed by atoms with E-state index in [1.807, 2.05) is 38.6 Å². The summed E-state index contributed by atoms with van der Waals surface area (Å²) in [6, 6.07) is 1.93. The van der Waals surface area contributed by atoms with Crippen molar-refractivity contribution in [3.05, 3.63) is 32.5 Å². The zero-order valence-corrected chi connectivity index (χ0v) is 12.5. The highest BCUT2D eigenvalue weighted by Gasteiger charge is 2.16. The molecule has 0 N–H and O–H groups in total. The summed E-state index contributed by atoms with van der Waals surface area (Å²) >= 11 is 9.61. The van der Waals surface area contributed by atoms with Crippen molar-refractivity contribution in [3.8, 4) is 11.4 Å². The van der Waals surface area contributed by atoms with Crippen LogP contribution >= 0.6 is 27.5 Å². The number of pyridine rings is 1. The first-order chi connectivity index (χ1) is 7.91. The van der Waals surface area contributed by atoms with Crippen LogP contribution in [0.3, 0.4) is 0 Å². The summed E-state index contributed by atoms with van der Waals surface area (Å²) in [5.74, 6) is 0. The number of rotatable bonds is 1. The molecule has 0 bridgehead atoms. The van der Waals surface area contributed by atoms with E-state index in [-0.39, 0.29) is 0 Å². The third-order valence-corrected chi connectivity index (χ3v) is 4.16. The van der Waals surface area contributed by atoms with Crippen LogP contribution in [-0.4, -0.2) is 14.8 Å². The Morgan fingerprint density at radius 1 is 1.24 bits per heavy atom. The monoisotopic (exact) mass is 313 g/mol. The molecule has 0 unspecified atom stereocenters. The van der Waals surface area contributed by atoms with Crippen molar-refractivity contribution in [3.63, 3.8) is 0 Å². The van der Waals surface area contributed by atoms with Gasteiger partial charge < -0.3 is 0 Å². The first-order valence-corrected chi connectivity index (χ1v) is 6.42. The third kappa shape index (κ3) is 2.11. The number of nitrogens with zero attached hydrogens (tertiary/aromatic N) is 3. The fourth-order valence-electron chi connectivity index (χ4n) is 1.65. The summed E-state index contributed by atoms with van der Waals surface area (Å²) in [7, 11) is 1.92. The van der Waals surface area contributed by atoms with Crippen LogP contribution in [0.2, 0.25) is 5.02 Å². The van der Waals surface area contributed by atoms with Crippen molar-refractivity contribution in [2.24, 2.45) is 7.05 Å². The van der Waals surface area contributed by atoms with Crippen LogP contribution in [0.15, 0.2) is 10.5 Å². The fourth-order valence-corrected chi connectivity index (χ4v) is 2.38. The Morgan fingerprint density at radius 3 is 2.41 bits per heavy atom. The van der Waals surface area contributed by atoms with Gasteiger partial charge in [-0.15, -0.1) is 0 Å². The standard InChI is InChI=1S/C12H13BrClN3/c1-6-5-9(14)7(2)15-11(6)12-10(13)8(3)17(4)16-12/h5H,1-4H3. The maximum Gasteiger partial charge on any atom is 0.125 e. The van der Waals surface area contributed by atoms with Crippen LogP contribution in [0.4, 0.5) is 0 Å². The first kappa shape index (κ1) is 12.6. The molecule has 0 saturated heterocycles. The second-order valence-electron chi connectivity index (χ2n) is 4.09. The topological polar surface area (TPSA) is 30.7 Å². The van der Waals surface area contributed by atoms with Gasteiger partial charge in [0, 0.05) is 12.7 Å². The molecule has 17 heavy (non-hydrogen) atoms. The largest absolute Gasteiger partial charge is 0.271 e. The van der Waals surface area contributed by atoms with Gasteiger partial charge in [0.15, 0.2) is 0 Å². The van der Waals surface area contributed by atoms with Crippen LogP contribution in [0, 0.1) is 20.8 Å². The van der Waals surface area contributed by atoms with E-state index in [4.69, 9.17) is 11.6 Å². The van der Waals surface area contributed by atoms with Crippen LogP contribution < -0.4 is 0 Å². The van der Waals surface area contributed by atoms with Gasteiger partial charge in [0.25, 0.3) is 0 Å². The lowest BCUT2D eigenvalue weighted by molar-refractivity contribution is 0.741. The van der Waals surface area contributed by atoms with E-state index in [2.05, 4.69) is 26.0 Å². The Morgan fingerprint density at radius 2 is 1.88 bits per heavy atom. The van der Waals surface area contributed by atoms with Gasteiger partial charge in [-0.3, -0.25) is 4.68 Å². The molecule has 0 amide bonds. The Hall–Kier alpha value is -0.870. The molecule has 3 nitrogen and oxygen atoms in total. The molecule has 0 aliphatic heterocycles. The Kier molecular flexibility index (Phi) is 3.27. The van der Waals surface area contributed by atoms with Gasteiger partial charge in [0.2, 0.25) is 0 Å². The minimum absolute atomic E-state index is 0.690. The number of hydrogen-bond acceptors (Lipinski definition) is 2. The third-order valence-electron chi connectivity index (χ3n) is 2.83. The summed E-state index contributed by atoms with van der Waals surface area (Å²) in [5.41, 5.74) is 4.67. The van der Waals surface area contributed by atoms with Crippen molar-refractivity contribution in [2.75, 3.05) is 0 Å². The van der Waals surface area contributed by atoms with E-state index in [9.17, 15) is 0 Å². The van der Waals surface area contributed by atoms with Gasteiger partial charge in [-0.25, -0.2) is 4.98 Å². The molecule has 0 fully saturated rings. The molecular formula is C12H13BrClN3.